The van der Waals surface area contributed by atoms with Crippen molar-refractivity contribution in [2.75, 3.05) is 24.9 Å². The number of ether oxygens (including phenoxy) is 2. The van der Waals surface area contributed by atoms with Crippen LogP contribution in [0.1, 0.15) is 23.7 Å². The smallest absolute Gasteiger partial charge is 0.251 e. The average Bonchev–Trinajstić information content (AvgIpc) is 3.26. The molecule has 1 atom stereocenters. The Labute approximate surface area is 190 Å². The average molecular weight is 455 g/mol. The predicted molar refractivity (Wildman–Crippen MR) is 122 cm³/mol. The van der Waals surface area contributed by atoms with Crippen molar-refractivity contribution in [1.82, 2.24) is 9.78 Å². The van der Waals surface area contributed by atoms with E-state index in [1.54, 1.807) is 37.1 Å². The summed E-state index contributed by atoms with van der Waals surface area (Å²) in [6, 6.07) is 12.0. The summed E-state index contributed by atoms with van der Waals surface area (Å²) in [4.78, 5) is 25.5. The van der Waals surface area contributed by atoms with Crippen molar-refractivity contribution in [2.24, 2.45) is 0 Å². The maximum absolute atomic E-state index is 12.7. The molecule has 2 N–H and O–H groups in total. The zero-order valence-corrected chi connectivity index (χ0v) is 18.7. The van der Waals surface area contributed by atoms with E-state index in [2.05, 4.69) is 15.7 Å². The Kier molecular flexibility index (Phi) is 6.16. The van der Waals surface area contributed by atoms with Crippen LogP contribution in [0.2, 0.25) is 5.02 Å². The normalized spacial score (nSPS) is 14.8. The van der Waals surface area contributed by atoms with Crippen molar-refractivity contribution in [2.45, 2.75) is 26.0 Å². The van der Waals surface area contributed by atoms with E-state index in [-0.39, 0.29) is 24.8 Å². The van der Waals surface area contributed by atoms with E-state index in [4.69, 9.17) is 21.1 Å². The predicted octanol–water partition coefficient (Wildman–Crippen LogP) is 4.19. The summed E-state index contributed by atoms with van der Waals surface area (Å²) in [6.07, 6.45) is -0.0730. The summed E-state index contributed by atoms with van der Waals surface area (Å²) in [5.74, 6) is 0.615. The van der Waals surface area contributed by atoms with Crippen LogP contribution in [0.15, 0.2) is 42.5 Å². The van der Waals surface area contributed by atoms with Gasteiger partial charge in [-0.05, 0) is 42.3 Å². The van der Waals surface area contributed by atoms with Crippen LogP contribution in [0, 0.1) is 6.92 Å². The molecule has 0 saturated carbocycles. The number of methoxy groups -OCH3 is 2. The van der Waals surface area contributed by atoms with Crippen LogP contribution in [-0.4, -0.2) is 35.8 Å². The van der Waals surface area contributed by atoms with E-state index in [1.165, 1.54) is 0 Å². The Bertz CT molecular complexity index is 1190. The SMILES string of the molecule is COCc1nn2c(c1-c1cccc(OC)c1)NC(=O)C2CC(=O)Nc1cccc(Cl)c1C. The van der Waals surface area contributed by atoms with Gasteiger partial charge >= 0.3 is 0 Å². The number of benzene rings is 2. The van der Waals surface area contributed by atoms with Crippen molar-refractivity contribution in [3.8, 4) is 16.9 Å². The van der Waals surface area contributed by atoms with Crippen LogP contribution in [0.3, 0.4) is 0 Å². The topological polar surface area (TPSA) is 94.5 Å². The first-order valence-electron chi connectivity index (χ1n) is 10.0. The number of nitrogens with zero attached hydrogens (tertiary/aromatic N) is 2. The molecule has 9 heteroatoms. The van der Waals surface area contributed by atoms with E-state index < -0.39 is 6.04 Å². The molecule has 4 rings (SSSR count). The molecule has 0 bridgehead atoms. The Hall–Kier alpha value is -3.36. The molecule has 8 nitrogen and oxygen atoms in total. The molecule has 1 aliphatic rings. The number of halogens is 1. The van der Waals surface area contributed by atoms with Gasteiger partial charge in [-0.1, -0.05) is 29.8 Å². The van der Waals surface area contributed by atoms with Gasteiger partial charge < -0.3 is 20.1 Å². The lowest BCUT2D eigenvalue weighted by molar-refractivity contribution is -0.123. The van der Waals surface area contributed by atoms with Crippen LogP contribution in [0.5, 0.6) is 5.75 Å². The zero-order valence-electron chi connectivity index (χ0n) is 17.9. The van der Waals surface area contributed by atoms with E-state index in [1.807, 2.05) is 31.2 Å². The summed E-state index contributed by atoms with van der Waals surface area (Å²) in [5, 5.41) is 10.9. The van der Waals surface area contributed by atoms with Gasteiger partial charge in [0.1, 0.15) is 17.6 Å². The van der Waals surface area contributed by atoms with Crippen LogP contribution in [0.25, 0.3) is 11.1 Å². The maximum Gasteiger partial charge on any atom is 0.251 e. The fourth-order valence-electron chi connectivity index (χ4n) is 3.76. The second-order valence-corrected chi connectivity index (χ2v) is 7.86. The Morgan fingerprint density at radius 1 is 1.25 bits per heavy atom. The molecule has 2 aromatic carbocycles. The molecule has 0 spiro atoms. The summed E-state index contributed by atoms with van der Waals surface area (Å²) in [7, 11) is 3.17. The molecular formula is C23H23ClN4O4. The summed E-state index contributed by atoms with van der Waals surface area (Å²) < 4.78 is 12.2. The third-order valence-electron chi connectivity index (χ3n) is 5.38. The minimum Gasteiger partial charge on any atom is -0.497 e. The molecule has 32 heavy (non-hydrogen) atoms. The molecule has 0 aliphatic carbocycles. The van der Waals surface area contributed by atoms with E-state index in [9.17, 15) is 9.59 Å². The second-order valence-electron chi connectivity index (χ2n) is 7.45. The lowest BCUT2D eigenvalue weighted by Gasteiger charge is -2.12. The minimum absolute atomic E-state index is 0.0730. The highest BCUT2D eigenvalue weighted by molar-refractivity contribution is 6.31. The van der Waals surface area contributed by atoms with Gasteiger partial charge in [-0.2, -0.15) is 5.10 Å². The number of amides is 2. The standard InChI is InChI=1S/C23H23ClN4O4/c1-13-16(24)8-5-9-17(13)25-20(29)11-19-23(30)26-22-21(18(12-31-2)27-28(19)22)14-6-4-7-15(10-14)32-3/h4-10,19H,11-12H2,1-3H3,(H,25,29)(H,26,30). The van der Waals surface area contributed by atoms with Gasteiger partial charge in [0, 0.05) is 17.8 Å². The second kappa shape index (κ2) is 9.02. The quantitative estimate of drug-likeness (QED) is 0.558. The number of carbonyl (C=O) groups excluding carboxylic acids is 2. The molecule has 1 aliphatic heterocycles. The monoisotopic (exact) mass is 454 g/mol. The molecule has 0 radical (unpaired) electrons. The third kappa shape index (κ3) is 4.06. The fraction of sp³-hybridized carbons (Fsp3) is 0.261. The van der Waals surface area contributed by atoms with Crippen molar-refractivity contribution < 1.29 is 19.1 Å². The molecule has 1 aromatic heterocycles. The van der Waals surface area contributed by atoms with Crippen molar-refractivity contribution in [3.05, 3.63) is 58.7 Å². The van der Waals surface area contributed by atoms with Crippen LogP contribution in [0.4, 0.5) is 11.5 Å². The van der Waals surface area contributed by atoms with Crippen LogP contribution >= 0.6 is 11.6 Å². The number of hydrogen-bond donors (Lipinski definition) is 2. The van der Waals surface area contributed by atoms with Gasteiger partial charge in [-0.25, -0.2) is 4.68 Å². The third-order valence-corrected chi connectivity index (χ3v) is 5.79. The van der Waals surface area contributed by atoms with Crippen molar-refractivity contribution in [3.63, 3.8) is 0 Å². The molecule has 2 amide bonds. The Balaban J connectivity index is 1.64. The van der Waals surface area contributed by atoms with Crippen molar-refractivity contribution in [1.29, 1.82) is 0 Å². The molecule has 0 fully saturated rings. The highest BCUT2D eigenvalue weighted by atomic mass is 35.5. The number of fused-ring (bicyclic) bond motifs is 1. The minimum atomic E-state index is -0.778. The largest absolute Gasteiger partial charge is 0.497 e. The zero-order chi connectivity index (χ0) is 22.8. The van der Waals surface area contributed by atoms with Gasteiger partial charge in [-0.3, -0.25) is 9.59 Å². The van der Waals surface area contributed by atoms with Gasteiger partial charge in [0.05, 0.1) is 31.4 Å². The molecule has 2 heterocycles. The molecule has 3 aromatic rings. The number of carbonyl (C=O) groups is 2. The lowest BCUT2D eigenvalue weighted by atomic mass is 10.1. The summed E-state index contributed by atoms with van der Waals surface area (Å²) in [5.41, 5.74) is 3.61. The Morgan fingerprint density at radius 2 is 2.03 bits per heavy atom. The number of rotatable bonds is 7. The first kappa shape index (κ1) is 21.9. The van der Waals surface area contributed by atoms with Crippen LogP contribution in [-0.2, 0) is 20.9 Å². The molecule has 0 saturated heterocycles. The fourth-order valence-corrected chi connectivity index (χ4v) is 3.93. The van der Waals surface area contributed by atoms with E-state index in [0.29, 0.717) is 28.0 Å². The Morgan fingerprint density at radius 3 is 2.78 bits per heavy atom. The molecule has 1 unspecified atom stereocenters. The van der Waals surface area contributed by atoms with Crippen LogP contribution < -0.4 is 15.4 Å². The van der Waals surface area contributed by atoms with Gasteiger partial charge in [0.2, 0.25) is 5.91 Å². The maximum atomic E-state index is 12.7. The number of nitrogens with one attached hydrogen (secondary N) is 2. The van der Waals surface area contributed by atoms with Crippen molar-refractivity contribution >= 4 is 34.9 Å². The van der Waals surface area contributed by atoms with Gasteiger partial charge in [0.25, 0.3) is 5.91 Å². The highest BCUT2D eigenvalue weighted by Gasteiger charge is 2.37. The van der Waals surface area contributed by atoms with E-state index in [0.717, 1.165) is 16.7 Å². The molecular weight excluding hydrogens is 432 g/mol. The summed E-state index contributed by atoms with van der Waals surface area (Å²) in [6.45, 7) is 2.08. The summed E-state index contributed by atoms with van der Waals surface area (Å²) >= 11 is 6.14. The lowest BCUT2D eigenvalue weighted by Crippen LogP contribution is -2.24. The highest BCUT2D eigenvalue weighted by Crippen LogP contribution is 2.40. The van der Waals surface area contributed by atoms with Gasteiger partial charge in [-0.15, -0.1) is 0 Å². The molecule has 166 valence electrons. The number of aromatic nitrogens is 2. The first-order chi connectivity index (χ1) is 15.4. The number of hydrogen-bond acceptors (Lipinski definition) is 5. The first-order valence-corrected chi connectivity index (χ1v) is 10.4. The van der Waals surface area contributed by atoms with Gasteiger partial charge in [0.15, 0.2) is 0 Å². The number of anilines is 2. The van der Waals surface area contributed by atoms with E-state index >= 15 is 0 Å².